The number of nitrogen functional groups attached to an aromatic ring is 1. The Morgan fingerprint density at radius 3 is 2.56 bits per heavy atom. The molecule has 1 unspecified atom stereocenters. The Labute approximate surface area is 94.0 Å². The van der Waals surface area contributed by atoms with Crippen molar-refractivity contribution in [1.29, 1.82) is 0 Å². The molecule has 1 aromatic carbocycles. The maximum absolute atomic E-state index is 13.7. The maximum Gasteiger partial charge on any atom is 0.151 e. The van der Waals surface area contributed by atoms with Gasteiger partial charge in [0.15, 0.2) is 11.6 Å². The Hall–Kier alpha value is -1.32. The molecule has 0 amide bonds. The summed E-state index contributed by atoms with van der Waals surface area (Å²) in [6.07, 6.45) is 2.89. The molecule has 1 aromatic rings. The highest BCUT2D eigenvalue weighted by atomic mass is 19.1. The van der Waals surface area contributed by atoms with E-state index in [0.29, 0.717) is 0 Å². The largest absolute Gasteiger partial charge is 0.399 e. The van der Waals surface area contributed by atoms with Crippen LogP contribution in [0.2, 0.25) is 0 Å². The molecule has 0 aliphatic carbocycles. The Morgan fingerprint density at radius 1 is 1.38 bits per heavy atom. The molecule has 16 heavy (non-hydrogen) atoms. The minimum absolute atomic E-state index is 0.0820. The number of hydrogen-bond acceptors (Lipinski definition) is 2. The van der Waals surface area contributed by atoms with Gasteiger partial charge in [0.25, 0.3) is 0 Å². The summed E-state index contributed by atoms with van der Waals surface area (Å²) >= 11 is 0. The lowest BCUT2D eigenvalue weighted by atomic mass is 10.1. The second kappa shape index (κ2) is 4.28. The second-order valence-corrected chi connectivity index (χ2v) is 4.23. The van der Waals surface area contributed by atoms with Crippen LogP contribution < -0.4 is 10.6 Å². The van der Waals surface area contributed by atoms with Crippen molar-refractivity contribution in [3.8, 4) is 0 Å². The third-order valence-corrected chi connectivity index (χ3v) is 3.17. The third kappa shape index (κ3) is 1.84. The Balaban J connectivity index is 2.39. The van der Waals surface area contributed by atoms with Gasteiger partial charge in [0.2, 0.25) is 0 Å². The van der Waals surface area contributed by atoms with E-state index in [-0.39, 0.29) is 17.4 Å². The average molecular weight is 226 g/mol. The molecule has 2 nitrogen and oxygen atoms in total. The van der Waals surface area contributed by atoms with Crippen LogP contribution in [0.5, 0.6) is 0 Å². The number of benzene rings is 1. The monoisotopic (exact) mass is 226 g/mol. The van der Waals surface area contributed by atoms with Crippen molar-refractivity contribution in [2.45, 2.75) is 32.2 Å². The van der Waals surface area contributed by atoms with Crippen LogP contribution >= 0.6 is 0 Å². The topological polar surface area (TPSA) is 29.3 Å². The van der Waals surface area contributed by atoms with Gasteiger partial charge >= 0.3 is 0 Å². The van der Waals surface area contributed by atoms with E-state index in [0.717, 1.165) is 25.8 Å². The quantitative estimate of drug-likeness (QED) is 0.785. The molecule has 0 spiro atoms. The van der Waals surface area contributed by atoms with Crippen LogP contribution in [0.25, 0.3) is 0 Å². The molecule has 2 rings (SSSR count). The molecule has 1 atom stereocenters. The molecule has 1 aliphatic rings. The highest BCUT2D eigenvalue weighted by Crippen LogP contribution is 2.32. The molecule has 1 heterocycles. The van der Waals surface area contributed by atoms with E-state index < -0.39 is 11.6 Å². The van der Waals surface area contributed by atoms with Gasteiger partial charge in [-0.05, 0) is 31.4 Å². The number of anilines is 2. The van der Waals surface area contributed by atoms with Crippen molar-refractivity contribution in [1.82, 2.24) is 0 Å². The van der Waals surface area contributed by atoms with E-state index in [1.165, 1.54) is 12.1 Å². The minimum atomic E-state index is -0.558. The van der Waals surface area contributed by atoms with Crippen LogP contribution in [0.1, 0.15) is 26.2 Å². The first kappa shape index (κ1) is 11.2. The fourth-order valence-electron chi connectivity index (χ4n) is 2.41. The van der Waals surface area contributed by atoms with Gasteiger partial charge in [0, 0.05) is 18.3 Å². The Bertz CT molecular complexity index is 370. The summed E-state index contributed by atoms with van der Waals surface area (Å²) in [5.74, 6) is -1.12. The molecule has 4 heteroatoms. The van der Waals surface area contributed by atoms with Crippen LogP contribution in [0.15, 0.2) is 12.1 Å². The van der Waals surface area contributed by atoms with Gasteiger partial charge in [-0.25, -0.2) is 8.78 Å². The van der Waals surface area contributed by atoms with Gasteiger partial charge in [-0.2, -0.15) is 0 Å². The van der Waals surface area contributed by atoms with Crippen molar-refractivity contribution >= 4 is 11.4 Å². The number of halogens is 2. The molecular formula is C12H16F2N2. The number of nitrogens with zero attached hydrogens (tertiary/aromatic N) is 1. The summed E-state index contributed by atoms with van der Waals surface area (Å²) in [6, 6.07) is 2.61. The molecule has 0 bridgehead atoms. The first-order valence-electron chi connectivity index (χ1n) is 5.64. The Morgan fingerprint density at radius 2 is 2.00 bits per heavy atom. The van der Waals surface area contributed by atoms with Crippen molar-refractivity contribution in [2.24, 2.45) is 0 Å². The average Bonchev–Trinajstić information content (AvgIpc) is 2.64. The standard InChI is InChI=1S/C12H16F2N2/c1-2-9-4-3-5-16(9)12-10(13)6-8(15)7-11(12)14/h6-7,9H,2-5,15H2,1H3. The van der Waals surface area contributed by atoms with Crippen molar-refractivity contribution in [3.63, 3.8) is 0 Å². The molecule has 0 radical (unpaired) electrons. The van der Waals surface area contributed by atoms with E-state index in [4.69, 9.17) is 5.73 Å². The van der Waals surface area contributed by atoms with Crippen molar-refractivity contribution in [2.75, 3.05) is 17.2 Å². The lowest BCUT2D eigenvalue weighted by Gasteiger charge is -2.26. The van der Waals surface area contributed by atoms with Crippen LogP contribution in [0, 0.1) is 11.6 Å². The van der Waals surface area contributed by atoms with Crippen LogP contribution in [-0.2, 0) is 0 Å². The fourth-order valence-corrected chi connectivity index (χ4v) is 2.41. The van der Waals surface area contributed by atoms with E-state index in [1.54, 1.807) is 0 Å². The summed E-state index contributed by atoms with van der Waals surface area (Å²) < 4.78 is 27.4. The summed E-state index contributed by atoms with van der Waals surface area (Å²) in [5, 5.41) is 0. The molecular weight excluding hydrogens is 210 g/mol. The lowest BCUT2D eigenvalue weighted by Crippen LogP contribution is -2.30. The van der Waals surface area contributed by atoms with Crippen molar-refractivity contribution < 1.29 is 8.78 Å². The SMILES string of the molecule is CCC1CCCN1c1c(F)cc(N)cc1F. The summed E-state index contributed by atoms with van der Waals surface area (Å²) in [6.45, 7) is 2.76. The maximum atomic E-state index is 13.7. The molecule has 0 saturated carbocycles. The molecule has 1 fully saturated rings. The normalized spacial score (nSPS) is 20.4. The highest BCUT2D eigenvalue weighted by Gasteiger charge is 2.27. The molecule has 0 aromatic heterocycles. The Kier molecular flexibility index (Phi) is 2.99. The first-order chi connectivity index (χ1) is 7.63. The molecule has 1 aliphatic heterocycles. The van der Waals surface area contributed by atoms with Gasteiger partial charge in [0.1, 0.15) is 5.69 Å². The number of hydrogen-bond donors (Lipinski definition) is 1. The predicted molar refractivity (Wildman–Crippen MR) is 61.4 cm³/mol. The zero-order chi connectivity index (χ0) is 11.7. The van der Waals surface area contributed by atoms with Gasteiger partial charge in [-0.3, -0.25) is 0 Å². The molecule has 88 valence electrons. The zero-order valence-electron chi connectivity index (χ0n) is 9.34. The fraction of sp³-hybridized carbons (Fsp3) is 0.500. The van der Waals surface area contributed by atoms with Gasteiger partial charge in [0.05, 0.1) is 0 Å². The van der Waals surface area contributed by atoms with E-state index in [2.05, 4.69) is 0 Å². The van der Waals surface area contributed by atoms with Crippen LogP contribution in [-0.4, -0.2) is 12.6 Å². The van der Waals surface area contributed by atoms with Crippen LogP contribution in [0.3, 0.4) is 0 Å². The van der Waals surface area contributed by atoms with E-state index >= 15 is 0 Å². The van der Waals surface area contributed by atoms with E-state index in [1.807, 2.05) is 11.8 Å². The smallest absolute Gasteiger partial charge is 0.151 e. The zero-order valence-corrected chi connectivity index (χ0v) is 9.34. The van der Waals surface area contributed by atoms with Gasteiger partial charge < -0.3 is 10.6 Å². The number of nitrogens with two attached hydrogens (primary N) is 1. The molecule has 1 saturated heterocycles. The van der Waals surface area contributed by atoms with E-state index in [9.17, 15) is 8.78 Å². The van der Waals surface area contributed by atoms with Gasteiger partial charge in [-0.15, -0.1) is 0 Å². The first-order valence-corrected chi connectivity index (χ1v) is 5.64. The van der Waals surface area contributed by atoms with Crippen molar-refractivity contribution in [3.05, 3.63) is 23.8 Å². The third-order valence-electron chi connectivity index (χ3n) is 3.17. The van der Waals surface area contributed by atoms with Gasteiger partial charge in [-0.1, -0.05) is 6.92 Å². The summed E-state index contributed by atoms with van der Waals surface area (Å²) in [4.78, 5) is 1.82. The minimum Gasteiger partial charge on any atom is -0.399 e. The second-order valence-electron chi connectivity index (χ2n) is 4.23. The number of rotatable bonds is 2. The van der Waals surface area contributed by atoms with Crippen LogP contribution in [0.4, 0.5) is 20.2 Å². The highest BCUT2D eigenvalue weighted by molar-refractivity contribution is 5.57. The molecule has 2 N–H and O–H groups in total. The summed E-state index contributed by atoms with van der Waals surface area (Å²) in [7, 11) is 0. The lowest BCUT2D eigenvalue weighted by molar-refractivity contribution is 0.557. The predicted octanol–water partition coefficient (Wildman–Crippen LogP) is 2.93. The summed E-state index contributed by atoms with van der Waals surface area (Å²) in [5.41, 5.74) is 5.61.